The highest BCUT2D eigenvalue weighted by molar-refractivity contribution is 6.35. The van der Waals surface area contributed by atoms with Crippen LogP contribution in [0.15, 0.2) is 0 Å². The summed E-state index contributed by atoms with van der Waals surface area (Å²) in [4.78, 5) is 19.6. The normalized spacial score (nSPS) is 13.2. The van der Waals surface area contributed by atoms with Crippen molar-refractivity contribution in [2.24, 2.45) is 7.05 Å². The molecule has 132 valence electrons. The number of alkyl carbamates (subject to hydrolysis) is 1. The van der Waals surface area contributed by atoms with E-state index in [1.54, 1.807) is 39.3 Å². The van der Waals surface area contributed by atoms with E-state index < -0.39 is 17.5 Å². The van der Waals surface area contributed by atoms with Crippen LogP contribution in [-0.4, -0.2) is 32.3 Å². The molecule has 0 bridgehead atoms. The molecule has 24 heavy (non-hydrogen) atoms. The molecule has 0 radical (unpaired) electrons. The van der Waals surface area contributed by atoms with E-state index in [0.29, 0.717) is 11.3 Å². The molecule has 1 atom stereocenters. The zero-order valence-electron chi connectivity index (χ0n) is 14.1. The fourth-order valence-electron chi connectivity index (χ4n) is 2.32. The topological polar surface area (TPSA) is 69.0 Å². The van der Waals surface area contributed by atoms with Crippen LogP contribution in [0, 0.1) is 5.82 Å². The maximum atomic E-state index is 14.7. The number of carbonyl (C=O) groups is 1. The van der Waals surface area contributed by atoms with E-state index in [1.165, 1.54) is 0 Å². The van der Waals surface area contributed by atoms with Crippen molar-refractivity contribution in [1.82, 2.24) is 19.9 Å². The second-order valence-corrected chi connectivity index (χ2v) is 7.25. The number of fused-ring (bicyclic) bond motifs is 1. The lowest BCUT2D eigenvalue weighted by atomic mass is 10.1. The van der Waals surface area contributed by atoms with Crippen LogP contribution in [0.25, 0.3) is 11.0 Å². The zero-order chi connectivity index (χ0) is 18.2. The second kappa shape index (κ2) is 6.72. The van der Waals surface area contributed by atoms with Crippen molar-refractivity contribution in [3.8, 4) is 0 Å². The van der Waals surface area contributed by atoms with Gasteiger partial charge in [0.1, 0.15) is 16.4 Å². The molecule has 6 nitrogen and oxygen atoms in total. The highest BCUT2D eigenvalue weighted by Gasteiger charge is 2.23. The third-order valence-corrected chi connectivity index (χ3v) is 3.72. The monoisotopic (exact) mass is 376 g/mol. The van der Waals surface area contributed by atoms with E-state index >= 15 is 0 Å². The van der Waals surface area contributed by atoms with Gasteiger partial charge in [0, 0.05) is 19.5 Å². The Kier molecular flexibility index (Phi) is 5.25. The number of ether oxygens (including phenoxy) is 1. The van der Waals surface area contributed by atoms with Gasteiger partial charge in [0.05, 0.1) is 11.1 Å². The molecule has 2 aromatic heterocycles. The van der Waals surface area contributed by atoms with Crippen molar-refractivity contribution in [1.29, 1.82) is 0 Å². The molecule has 0 aliphatic rings. The Morgan fingerprint density at radius 2 is 2.00 bits per heavy atom. The van der Waals surface area contributed by atoms with Crippen LogP contribution >= 0.6 is 23.2 Å². The SMILES string of the molecule is C[C@@H](Cc1c(F)c2c(Cl)nc(Cl)nc2n1C)NC(=O)OC(C)(C)C. The van der Waals surface area contributed by atoms with Crippen LogP contribution in [0.5, 0.6) is 0 Å². The van der Waals surface area contributed by atoms with Gasteiger partial charge in [-0.2, -0.15) is 4.98 Å². The van der Waals surface area contributed by atoms with E-state index in [0.717, 1.165) is 0 Å². The second-order valence-electron chi connectivity index (χ2n) is 6.55. The largest absolute Gasteiger partial charge is 0.444 e. The van der Waals surface area contributed by atoms with E-state index in [1.807, 2.05) is 0 Å². The van der Waals surface area contributed by atoms with Gasteiger partial charge >= 0.3 is 6.09 Å². The summed E-state index contributed by atoms with van der Waals surface area (Å²) < 4.78 is 21.4. The molecule has 0 aliphatic heterocycles. The van der Waals surface area contributed by atoms with E-state index in [2.05, 4.69) is 15.3 Å². The number of hydrogen-bond donors (Lipinski definition) is 1. The summed E-state index contributed by atoms with van der Waals surface area (Å²) >= 11 is 11.7. The number of nitrogens with one attached hydrogen (secondary N) is 1. The number of hydrogen-bond acceptors (Lipinski definition) is 4. The van der Waals surface area contributed by atoms with Crippen LogP contribution in [0.1, 0.15) is 33.4 Å². The lowest BCUT2D eigenvalue weighted by Crippen LogP contribution is -2.39. The van der Waals surface area contributed by atoms with Crippen molar-refractivity contribution in [2.75, 3.05) is 0 Å². The molecular weight excluding hydrogens is 358 g/mol. The average molecular weight is 377 g/mol. The minimum absolute atomic E-state index is 0.0443. The highest BCUT2D eigenvalue weighted by Crippen LogP contribution is 2.29. The maximum absolute atomic E-state index is 14.7. The molecule has 0 saturated carbocycles. The molecule has 0 fully saturated rings. The van der Waals surface area contributed by atoms with Gasteiger partial charge in [-0.3, -0.25) is 0 Å². The van der Waals surface area contributed by atoms with Gasteiger partial charge in [-0.05, 0) is 39.3 Å². The Balaban J connectivity index is 2.24. The van der Waals surface area contributed by atoms with E-state index in [4.69, 9.17) is 27.9 Å². The molecule has 2 heterocycles. The number of nitrogens with zero attached hydrogens (tertiary/aromatic N) is 3. The van der Waals surface area contributed by atoms with Crippen LogP contribution in [-0.2, 0) is 18.2 Å². The van der Waals surface area contributed by atoms with Gasteiger partial charge in [0.15, 0.2) is 5.82 Å². The maximum Gasteiger partial charge on any atom is 0.407 e. The van der Waals surface area contributed by atoms with Gasteiger partial charge in [-0.1, -0.05) is 11.6 Å². The number of halogens is 3. The number of rotatable bonds is 3. The van der Waals surface area contributed by atoms with Crippen LogP contribution in [0.4, 0.5) is 9.18 Å². The van der Waals surface area contributed by atoms with Crippen molar-refractivity contribution >= 4 is 40.3 Å². The molecule has 1 amide bonds. The predicted octanol–water partition coefficient (Wildman–Crippen LogP) is 3.87. The average Bonchev–Trinajstić information content (AvgIpc) is 2.61. The molecular formula is C15H19Cl2FN4O2. The van der Waals surface area contributed by atoms with Crippen molar-refractivity contribution in [2.45, 2.75) is 45.8 Å². The van der Waals surface area contributed by atoms with Crippen molar-refractivity contribution in [3.63, 3.8) is 0 Å². The zero-order valence-corrected chi connectivity index (χ0v) is 15.6. The lowest BCUT2D eigenvalue weighted by molar-refractivity contribution is 0.0508. The van der Waals surface area contributed by atoms with Crippen LogP contribution in [0.3, 0.4) is 0 Å². The van der Waals surface area contributed by atoms with Gasteiger partial charge < -0.3 is 14.6 Å². The summed E-state index contributed by atoms with van der Waals surface area (Å²) in [5.74, 6) is -0.521. The number of aromatic nitrogens is 3. The Bertz CT molecular complexity index is 786. The first-order valence-corrected chi connectivity index (χ1v) is 8.10. The number of amides is 1. The molecule has 1 N–H and O–H groups in total. The van der Waals surface area contributed by atoms with Crippen molar-refractivity contribution in [3.05, 3.63) is 21.9 Å². The summed E-state index contributed by atoms with van der Waals surface area (Å²) in [5, 5.41) is 2.69. The summed E-state index contributed by atoms with van der Waals surface area (Å²) in [6.45, 7) is 7.06. The fraction of sp³-hybridized carbons (Fsp3) is 0.533. The predicted molar refractivity (Wildman–Crippen MR) is 91.0 cm³/mol. The Morgan fingerprint density at radius 1 is 1.38 bits per heavy atom. The van der Waals surface area contributed by atoms with Gasteiger partial charge in [-0.25, -0.2) is 14.2 Å². The molecule has 0 unspecified atom stereocenters. The summed E-state index contributed by atoms with van der Waals surface area (Å²) in [5.41, 5.74) is 0.0400. The fourth-order valence-corrected chi connectivity index (χ4v) is 2.78. The molecule has 0 saturated heterocycles. The molecule has 0 aliphatic carbocycles. The number of carbonyl (C=O) groups excluding carboxylic acids is 1. The minimum atomic E-state index is -0.603. The van der Waals surface area contributed by atoms with E-state index in [9.17, 15) is 9.18 Å². The van der Waals surface area contributed by atoms with Crippen LogP contribution in [0.2, 0.25) is 10.4 Å². The molecule has 9 heteroatoms. The first-order valence-electron chi connectivity index (χ1n) is 7.35. The van der Waals surface area contributed by atoms with E-state index in [-0.39, 0.29) is 28.3 Å². The number of aryl methyl sites for hydroxylation is 1. The Hall–Kier alpha value is -1.60. The molecule has 0 aromatic carbocycles. The quantitative estimate of drug-likeness (QED) is 0.651. The van der Waals surface area contributed by atoms with Gasteiger partial charge in [0.2, 0.25) is 5.28 Å². The summed E-state index contributed by atoms with van der Waals surface area (Å²) in [6, 6.07) is -0.362. The molecule has 2 aromatic rings. The lowest BCUT2D eigenvalue weighted by Gasteiger charge is -2.22. The Morgan fingerprint density at radius 3 is 2.58 bits per heavy atom. The van der Waals surface area contributed by atoms with Crippen molar-refractivity contribution < 1.29 is 13.9 Å². The smallest absolute Gasteiger partial charge is 0.407 e. The first kappa shape index (κ1) is 18.7. The van der Waals surface area contributed by atoms with Gasteiger partial charge in [0.25, 0.3) is 0 Å². The first-order chi connectivity index (χ1) is 11.0. The van der Waals surface area contributed by atoms with Gasteiger partial charge in [-0.15, -0.1) is 0 Å². The molecule has 0 spiro atoms. The third kappa shape index (κ3) is 4.08. The highest BCUT2D eigenvalue weighted by atomic mass is 35.5. The minimum Gasteiger partial charge on any atom is -0.444 e. The third-order valence-electron chi connectivity index (χ3n) is 3.28. The molecule has 2 rings (SSSR count). The summed E-state index contributed by atoms with van der Waals surface area (Å²) in [6.07, 6.45) is -0.332. The van der Waals surface area contributed by atoms with Crippen LogP contribution < -0.4 is 5.32 Å². The summed E-state index contributed by atoms with van der Waals surface area (Å²) in [7, 11) is 1.65. The Labute approximate surface area is 149 Å². The standard InChI is InChI=1S/C15H19Cl2FN4O2/c1-7(19-14(23)24-15(2,3)4)6-8-10(18)9-11(16)20-13(17)21-12(9)22(8)5/h7H,6H2,1-5H3,(H,19,23)/t7-/m0/s1.